The lowest BCUT2D eigenvalue weighted by atomic mass is 10.1. The van der Waals surface area contributed by atoms with Gasteiger partial charge in [-0.25, -0.2) is 0 Å². The van der Waals surface area contributed by atoms with Crippen molar-refractivity contribution < 1.29 is 0 Å². The molecule has 1 unspecified atom stereocenters. The van der Waals surface area contributed by atoms with Crippen LogP contribution >= 0.6 is 23.4 Å². The molecule has 0 aliphatic heterocycles. The summed E-state index contributed by atoms with van der Waals surface area (Å²) >= 11 is 7.79. The number of pyridine rings is 1. The van der Waals surface area contributed by atoms with Gasteiger partial charge in [0.15, 0.2) is 0 Å². The maximum Gasteiger partial charge on any atom is 0.0451 e. The van der Waals surface area contributed by atoms with Gasteiger partial charge in [0.1, 0.15) is 0 Å². The first-order chi connectivity index (χ1) is 10.2. The van der Waals surface area contributed by atoms with E-state index in [0.29, 0.717) is 0 Å². The first-order valence-corrected chi connectivity index (χ1v) is 8.38. The van der Waals surface area contributed by atoms with Crippen LogP contribution in [0.3, 0.4) is 0 Å². The molecule has 0 aliphatic rings. The number of anilines is 1. The van der Waals surface area contributed by atoms with Crippen LogP contribution in [0.4, 0.5) is 5.69 Å². The van der Waals surface area contributed by atoms with Gasteiger partial charge in [-0.05, 0) is 37.2 Å². The van der Waals surface area contributed by atoms with Gasteiger partial charge in [0, 0.05) is 45.4 Å². The summed E-state index contributed by atoms with van der Waals surface area (Å²) in [7, 11) is 0. The third kappa shape index (κ3) is 4.92. The molecule has 1 aromatic carbocycles. The van der Waals surface area contributed by atoms with Crippen molar-refractivity contribution in [1.29, 1.82) is 0 Å². The van der Waals surface area contributed by atoms with E-state index < -0.39 is 0 Å². The molecule has 0 saturated heterocycles. The summed E-state index contributed by atoms with van der Waals surface area (Å²) in [6, 6.07) is 9.94. The molecule has 0 bridgehead atoms. The number of aromatic nitrogens is 1. The molecule has 0 amide bonds. The van der Waals surface area contributed by atoms with Crippen molar-refractivity contribution in [3.8, 4) is 0 Å². The number of halogens is 1. The van der Waals surface area contributed by atoms with E-state index in [1.807, 2.05) is 30.5 Å². The van der Waals surface area contributed by atoms with Crippen molar-refractivity contribution in [1.82, 2.24) is 10.3 Å². The number of nitrogens with one attached hydrogen (secondary N) is 1. The number of rotatable bonds is 7. The molecular weight excluding hydrogens is 302 g/mol. The normalized spacial score (nSPS) is 12.3. The van der Waals surface area contributed by atoms with Gasteiger partial charge in [0.05, 0.1) is 0 Å². The van der Waals surface area contributed by atoms with Crippen LogP contribution in [0.1, 0.15) is 24.9 Å². The highest BCUT2D eigenvalue weighted by molar-refractivity contribution is 7.99. The van der Waals surface area contributed by atoms with Crippen LogP contribution in [0.5, 0.6) is 0 Å². The second-order valence-electron chi connectivity index (χ2n) is 4.78. The summed E-state index contributed by atoms with van der Waals surface area (Å²) in [5.74, 6) is 0.885. The molecular formula is C16H20ClN3S. The summed E-state index contributed by atoms with van der Waals surface area (Å²) in [5, 5.41) is 4.30. The second-order valence-corrected chi connectivity index (χ2v) is 6.31. The van der Waals surface area contributed by atoms with Gasteiger partial charge in [-0.15, -0.1) is 11.8 Å². The zero-order valence-corrected chi connectivity index (χ0v) is 13.6. The molecule has 1 atom stereocenters. The van der Waals surface area contributed by atoms with Gasteiger partial charge in [0.2, 0.25) is 0 Å². The van der Waals surface area contributed by atoms with E-state index in [1.165, 1.54) is 0 Å². The van der Waals surface area contributed by atoms with Gasteiger partial charge < -0.3 is 11.1 Å². The molecule has 1 aromatic heterocycles. The Balaban J connectivity index is 2.08. The number of nitrogen functional groups attached to an aromatic ring is 1. The predicted molar refractivity (Wildman–Crippen MR) is 91.9 cm³/mol. The quantitative estimate of drug-likeness (QED) is 0.752. The molecule has 0 spiro atoms. The van der Waals surface area contributed by atoms with Gasteiger partial charge in [-0.2, -0.15) is 0 Å². The van der Waals surface area contributed by atoms with Crippen LogP contribution in [0.25, 0.3) is 0 Å². The summed E-state index contributed by atoms with van der Waals surface area (Å²) in [5.41, 5.74) is 7.91. The average Bonchev–Trinajstić information content (AvgIpc) is 2.48. The highest BCUT2D eigenvalue weighted by atomic mass is 35.5. The van der Waals surface area contributed by atoms with E-state index in [1.54, 1.807) is 18.0 Å². The molecule has 21 heavy (non-hydrogen) atoms. The van der Waals surface area contributed by atoms with E-state index in [4.69, 9.17) is 17.3 Å². The number of nitrogens with zero attached hydrogens (tertiary/aromatic N) is 1. The fourth-order valence-corrected chi connectivity index (χ4v) is 3.32. The molecule has 1 heterocycles. The van der Waals surface area contributed by atoms with E-state index in [9.17, 15) is 0 Å². The maximum atomic E-state index is 6.08. The van der Waals surface area contributed by atoms with Crippen molar-refractivity contribution in [2.24, 2.45) is 0 Å². The van der Waals surface area contributed by atoms with Crippen LogP contribution in [-0.2, 0) is 0 Å². The van der Waals surface area contributed by atoms with Crippen molar-refractivity contribution in [3.05, 3.63) is 53.3 Å². The minimum Gasteiger partial charge on any atom is -0.398 e. The minimum absolute atomic E-state index is 0.183. The van der Waals surface area contributed by atoms with Crippen molar-refractivity contribution in [2.75, 3.05) is 18.0 Å². The molecule has 2 rings (SSSR count). The fourth-order valence-electron chi connectivity index (χ4n) is 2.02. The van der Waals surface area contributed by atoms with Gasteiger partial charge in [0.25, 0.3) is 0 Å². The number of nitrogens with two attached hydrogens (primary N) is 1. The van der Waals surface area contributed by atoms with Crippen molar-refractivity contribution in [3.63, 3.8) is 0 Å². The highest BCUT2D eigenvalue weighted by Crippen LogP contribution is 2.28. The van der Waals surface area contributed by atoms with E-state index in [0.717, 1.165) is 39.9 Å². The topological polar surface area (TPSA) is 50.9 Å². The zero-order chi connectivity index (χ0) is 15.1. The van der Waals surface area contributed by atoms with Crippen molar-refractivity contribution >= 4 is 29.1 Å². The van der Waals surface area contributed by atoms with E-state index in [-0.39, 0.29) is 6.04 Å². The number of hydrogen-bond donors (Lipinski definition) is 2. The van der Waals surface area contributed by atoms with Crippen LogP contribution in [0, 0.1) is 0 Å². The third-order valence-electron chi connectivity index (χ3n) is 3.12. The van der Waals surface area contributed by atoms with Gasteiger partial charge in [-0.3, -0.25) is 4.98 Å². The first kappa shape index (κ1) is 16.1. The Bertz CT molecular complexity index is 577. The zero-order valence-electron chi connectivity index (χ0n) is 12.1. The van der Waals surface area contributed by atoms with Crippen LogP contribution in [0.15, 0.2) is 47.6 Å². The Hall–Kier alpha value is -1.23. The lowest BCUT2D eigenvalue weighted by Gasteiger charge is -2.20. The summed E-state index contributed by atoms with van der Waals surface area (Å²) < 4.78 is 0. The Morgan fingerprint density at radius 2 is 2.24 bits per heavy atom. The van der Waals surface area contributed by atoms with Gasteiger partial charge in [-0.1, -0.05) is 24.6 Å². The Morgan fingerprint density at radius 1 is 1.38 bits per heavy atom. The Morgan fingerprint density at radius 3 is 2.95 bits per heavy atom. The molecule has 3 N–H and O–H groups in total. The molecule has 0 aliphatic carbocycles. The molecule has 0 fully saturated rings. The minimum atomic E-state index is 0.183. The van der Waals surface area contributed by atoms with Crippen molar-refractivity contribution in [2.45, 2.75) is 24.3 Å². The monoisotopic (exact) mass is 321 g/mol. The van der Waals surface area contributed by atoms with Crippen LogP contribution < -0.4 is 11.1 Å². The largest absolute Gasteiger partial charge is 0.398 e. The standard InChI is InChI=1S/C16H20ClN3S/c1-2-7-20-16(14-10-19-8-6-15(14)18)11-21-13-5-3-4-12(17)9-13/h3-6,8-10,16,20H,2,7,11H2,1H3,(H2,18,19). The van der Waals surface area contributed by atoms with Crippen LogP contribution in [0.2, 0.25) is 5.02 Å². The number of hydrogen-bond acceptors (Lipinski definition) is 4. The smallest absolute Gasteiger partial charge is 0.0451 e. The maximum absolute atomic E-state index is 6.08. The fraction of sp³-hybridized carbons (Fsp3) is 0.312. The second kappa shape index (κ2) is 8.27. The first-order valence-electron chi connectivity index (χ1n) is 7.02. The predicted octanol–water partition coefficient (Wildman–Crippen LogP) is 4.15. The summed E-state index contributed by atoms with van der Waals surface area (Å²) in [6.45, 7) is 3.11. The molecule has 3 nitrogen and oxygen atoms in total. The number of thioether (sulfide) groups is 1. The molecule has 2 aromatic rings. The van der Waals surface area contributed by atoms with E-state index in [2.05, 4.69) is 23.3 Å². The summed E-state index contributed by atoms with van der Waals surface area (Å²) in [6.07, 6.45) is 4.65. The van der Waals surface area contributed by atoms with E-state index >= 15 is 0 Å². The van der Waals surface area contributed by atoms with Crippen LogP contribution in [-0.4, -0.2) is 17.3 Å². The highest BCUT2D eigenvalue weighted by Gasteiger charge is 2.14. The summed E-state index contributed by atoms with van der Waals surface area (Å²) in [4.78, 5) is 5.35. The molecule has 0 radical (unpaired) electrons. The lowest BCUT2D eigenvalue weighted by molar-refractivity contribution is 0.577. The third-order valence-corrected chi connectivity index (χ3v) is 4.44. The molecule has 112 valence electrons. The molecule has 5 heteroatoms. The van der Waals surface area contributed by atoms with Gasteiger partial charge >= 0.3 is 0 Å². The Kier molecular flexibility index (Phi) is 6.36. The Labute approximate surface area is 135 Å². The SMILES string of the molecule is CCCNC(CSc1cccc(Cl)c1)c1cnccc1N. The average molecular weight is 322 g/mol. The lowest BCUT2D eigenvalue weighted by Crippen LogP contribution is -2.25. The number of benzene rings is 1. The molecule has 0 saturated carbocycles.